The number of Topliss-reactive ketones (excluding diaryl/α,β-unsaturated/α-hetero) is 1. The molecule has 1 atom stereocenters. The number of ketones is 1. The summed E-state index contributed by atoms with van der Waals surface area (Å²) in [6.45, 7) is -1.10. The molecular formula is C17H17BFN3O6S. The second-order valence-corrected chi connectivity index (χ2v) is 7.12. The molecule has 0 aliphatic carbocycles. The molecule has 0 unspecified atom stereocenters. The monoisotopic (exact) mass is 421 g/mol. The summed E-state index contributed by atoms with van der Waals surface area (Å²) in [5.74, 6) is -2.24. The molecule has 2 heterocycles. The number of aromatic nitrogens is 1. The van der Waals surface area contributed by atoms with Crippen LogP contribution >= 0.6 is 11.3 Å². The Morgan fingerprint density at radius 1 is 1.48 bits per heavy atom. The Balaban J connectivity index is 1.80. The Bertz CT molecular complexity index is 953. The standard InChI is InChI=1S/C17H17BFN3O6S/c19-4-5-27-22-14(12-8-29-17(20)21-12)13(23)7-10-6-9-2-1-3-11(16(24)25)15(9)28-18(10)26/h1-3,8,10,26H,4-7H2,(H2,20,21)(H,24,25)/b22-14-/t10-/m1/s1. The number of carboxylic acids is 1. The number of rotatable bonds is 8. The van der Waals surface area contributed by atoms with Crippen LogP contribution < -0.4 is 10.4 Å². The van der Waals surface area contributed by atoms with Gasteiger partial charge in [0.15, 0.2) is 16.6 Å². The highest BCUT2D eigenvalue weighted by atomic mass is 32.1. The number of nitrogen functional groups attached to an aromatic ring is 1. The number of aromatic carboxylic acids is 1. The SMILES string of the molecule is Nc1nc(/C(=N/OCCF)C(=O)C[C@H]2Cc3cccc(C(=O)O)c3OB2O)cs1. The maximum Gasteiger partial charge on any atom is 0.526 e. The number of benzene rings is 1. The van der Waals surface area contributed by atoms with Gasteiger partial charge in [0.1, 0.15) is 24.7 Å². The lowest BCUT2D eigenvalue weighted by molar-refractivity contribution is -0.113. The van der Waals surface area contributed by atoms with Crippen molar-refractivity contribution in [1.29, 1.82) is 0 Å². The number of nitrogens with two attached hydrogens (primary N) is 1. The van der Waals surface area contributed by atoms with Crippen LogP contribution in [-0.4, -0.2) is 53.0 Å². The molecule has 4 N–H and O–H groups in total. The number of oxime groups is 1. The second kappa shape index (κ2) is 9.01. The van der Waals surface area contributed by atoms with Gasteiger partial charge in [-0.3, -0.25) is 4.79 Å². The molecule has 0 amide bonds. The number of carbonyl (C=O) groups excluding carboxylic acids is 1. The molecule has 9 nitrogen and oxygen atoms in total. The lowest BCUT2D eigenvalue weighted by Gasteiger charge is -2.27. The topological polar surface area (TPSA) is 144 Å². The van der Waals surface area contributed by atoms with Crippen LogP contribution in [-0.2, 0) is 16.1 Å². The third kappa shape index (κ3) is 4.71. The average molecular weight is 421 g/mol. The number of carbonyl (C=O) groups is 2. The minimum Gasteiger partial charge on any atom is -0.535 e. The van der Waals surface area contributed by atoms with Gasteiger partial charge in [-0.15, -0.1) is 11.3 Å². The zero-order valence-electron chi connectivity index (χ0n) is 15.1. The Hall–Kier alpha value is -2.99. The lowest BCUT2D eigenvalue weighted by atomic mass is 9.64. The van der Waals surface area contributed by atoms with E-state index < -0.39 is 31.4 Å². The van der Waals surface area contributed by atoms with Crippen LogP contribution in [0, 0.1) is 0 Å². The predicted molar refractivity (Wildman–Crippen MR) is 104 cm³/mol. The third-order valence-corrected chi connectivity index (χ3v) is 4.93. The Kier molecular flexibility index (Phi) is 6.44. The summed E-state index contributed by atoms with van der Waals surface area (Å²) < 4.78 is 17.7. The van der Waals surface area contributed by atoms with Crippen molar-refractivity contribution in [2.75, 3.05) is 19.0 Å². The normalized spacial score (nSPS) is 16.1. The number of carboxylic acid groups (broad SMARTS) is 1. The number of hydrogen-bond acceptors (Lipinski definition) is 9. The van der Waals surface area contributed by atoms with Gasteiger partial charge in [-0.2, -0.15) is 0 Å². The minimum absolute atomic E-state index is 0.0638. The van der Waals surface area contributed by atoms with E-state index in [1.807, 2.05) is 0 Å². The van der Waals surface area contributed by atoms with E-state index in [0.717, 1.165) is 11.3 Å². The van der Waals surface area contributed by atoms with Gasteiger partial charge in [0.25, 0.3) is 0 Å². The number of nitrogens with zero attached hydrogens (tertiary/aromatic N) is 2. The molecule has 1 aliphatic rings. The molecule has 3 rings (SSSR count). The number of hydrogen-bond donors (Lipinski definition) is 3. The molecule has 0 saturated carbocycles. The maximum absolute atomic E-state index is 12.8. The van der Waals surface area contributed by atoms with Gasteiger partial charge < -0.3 is 25.4 Å². The molecule has 0 bridgehead atoms. The number of alkyl halides is 1. The molecule has 0 saturated heterocycles. The highest BCUT2D eigenvalue weighted by Gasteiger charge is 2.38. The molecule has 0 fully saturated rings. The van der Waals surface area contributed by atoms with Crippen LogP contribution in [0.5, 0.6) is 5.75 Å². The first kappa shape index (κ1) is 20.7. The smallest absolute Gasteiger partial charge is 0.526 e. The largest absolute Gasteiger partial charge is 0.535 e. The van der Waals surface area contributed by atoms with E-state index in [9.17, 15) is 24.1 Å². The fraction of sp³-hybridized carbons (Fsp3) is 0.294. The minimum atomic E-state index is -1.39. The summed E-state index contributed by atoms with van der Waals surface area (Å²) in [6, 6.07) is 4.61. The molecule has 0 radical (unpaired) electrons. The van der Waals surface area contributed by atoms with Crippen molar-refractivity contribution in [3.63, 3.8) is 0 Å². The molecule has 0 spiro atoms. The predicted octanol–water partition coefficient (Wildman–Crippen LogP) is 1.56. The zero-order chi connectivity index (χ0) is 21.0. The van der Waals surface area contributed by atoms with Gasteiger partial charge in [0.05, 0.1) is 5.56 Å². The Morgan fingerprint density at radius 2 is 2.28 bits per heavy atom. The highest BCUT2D eigenvalue weighted by molar-refractivity contribution is 7.13. The summed E-state index contributed by atoms with van der Waals surface area (Å²) in [5.41, 5.74) is 6.16. The van der Waals surface area contributed by atoms with Gasteiger partial charge in [-0.1, -0.05) is 17.3 Å². The van der Waals surface area contributed by atoms with E-state index in [0.29, 0.717) is 5.56 Å². The lowest BCUT2D eigenvalue weighted by Crippen LogP contribution is -2.37. The molecule has 152 valence electrons. The van der Waals surface area contributed by atoms with E-state index in [2.05, 4.69) is 10.1 Å². The van der Waals surface area contributed by atoms with E-state index in [1.165, 1.54) is 11.4 Å². The number of fused-ring (bicyclic) bond motifs is 1. The van der Waals surface area contributed by atoms with Crippen LogP contribution in [0.25, 0.3) is 0 Å². The zero-order valence-corrected chi connectivity index (χ0v) is 15.9. The van der Waals surface area contributed by atoms with Crippen molar-refractivity contribution >= 4 is 41.1 Å². The summed E-state index contributed by atoms with van der Waals surface area (Å²) >= 11 is 1.11. The van der Waals surface area contributed by atoms with Gasteiger partial charge >= 0.3 is 13.1 Å². The number of halogens is 1. The van der Waals surface area contributed by atoms with Crippen molar-refractivity contribution in [2.45, 2.75) is 18.7 Å². The second-order valence-electron chi connectivity index (χ2n) is 6.23. The Labute approximate surface area is 169 Å². The fourth-order valence-corrected chi connectivity index (χ4v) is 3.49. The summed E-state index contributed by atoms with van der Waals surface area (Å²) in [6.07, 6.45) is 0.0499. The van der Waals surface area contributed by atoms with Crippen molar-refractivity contribution in [1.82, 2.24) is 4.98 Å². The van der Waals surface area contributed by atoms with Crippen molar-refractivity contribution in [3.05, 3.63) is 40.4 Å². The first-order valence-electron chi connectivity index (χ1n) is 8.61. The molecule has 12 heteroatoms. The van der Waals surface area contributed by atoms with Gasteiger partial charge in [0.2, 0.25) is 0 Å². The number of para-hydroxylation sites is 1. The molecular weight excluding hydrogens is 404 g/mol. The van der Waals surface area contributed by atoms with E-state index in [-0.39, 0.29) is 47.3 Å². The number of thiazole rings is 1. The fourth-order valence-electron chi connectivity index (χ4n) is 2.94. The maximum atomic E-state index is 12.8. The summed E-state index contributed by atoms with van der Waals surface area (Å²) in [5, 5.41) is 25.0. The van der Waals surface area contributed by atoms with Crippen molar-refractivity contribution < 1.29 is 33.6 Å². The van der Waals surface area contributed by atoms with Gasteiger partial charge in [-0.05, 0) is 18.1 Å². The number of anilines is 1. The third-order valence-electron chi connectivity index (χ3n) is 4.25. The molecule has 29 heavy (non-hydrogen) atoms. The van der Waals surface area contributed by atoms with Crippen LogP contribution in [0.1, 0.15) is 28.0 Å². The quantitative estimate of drug-likeness (QED) is 0.252. The van der Waals surface area contributed by atoms with Crippen LogP contribution in [0.2, 0.25) is 5.82 Å². The first-order chi connectivity index (χ1) is 13.9. The summed E-state index contributed by atoms with van der Waals surface area (Å²) in [4.78, 5) is 32.9. The average Bonchev–Trinajstić information content (AvgIpc) is 3.11. The summed E-state index contributed by atoms with van der Waals surface area (Å²) in [7, 11) is -1.39. The highest BCUT2D eigenvalue weighted by Crippen LogP contribution is 2.36. The van der Waals surface area contributed by atoms with E-state index in [1.54, 1.807) is 12.1 Å². The van der Waals surface area contributed by atoms with E-state index >= 15 is 0 Å². The van der Waals surface area contributed by atoms with Crippen LogP contribution in [0.4, 0.5) is 9.52 Å². The molecule has 1 aliphatic heterocycles. The van der Waals surface area contributed by atoms with Crippen LogP contribution in [0.15, 0.2) is 28.7 Å². The molecule has 1 aromatic heterocycles. The molecule has 2 aromatic rings. The van der Waals surface area contributed by atoms with Gasteiger partial charge in [0, 0.05) is 17.6 Å². The first-order valence-corrected chi connectivity index (χ1v) is 9.49. The van der Waals surface area contributed by atoms with E-state index in [4.69, 9.17) is 15.2 Å². The van der Waals surface area contributed by atoms with Crippen molar-refractivity contribution in [2.24, 2.45) is 5.16 Å². The Morgan fingerprint density at radius 3 is 2.93 bits per heavy atom. The van der Waals surface area contributed by atoms with Gasteiger partial charge in [-0.25, -0.2) is 14.2 Å². The molecule has 1 aromatic carbocycles. The van der Waals surface area contributed by atoms with Crippen molar-refractivity contribution in [3.8, 4) is 5.75 Å². The van der Waals surface area contributed by atoms with Crippen LogP contribution in [0.3, 0.4) is 0 Å².